The molecule has 1 aromatic rings. The maximum absolute atomic E-state index is 12.7. The third kappa shape index (κ3) is 5.81. The van der Waals surface area contributed by atoms with Crippen LogP contribution in [0.3, 0.4) is 0 Å². The van der Waals surface area contributed by atoms with Crippen LogP contribution in [0.4, 0.5) is 0 Å². The summed E-state index contributed by atoms with van der Waals surface area (Å²) in [7, 11) is 0. The zero-order chi connectivity index (χ0) is 21.0. The number of nitrogens with one attached hydrogen (secondary N) is 2. The van der Waals surface area contributed by atoms with Crippen molar-refractivity contribution in [3.63, 3.8) is 0 Å². The quantitative estimate of drug-likeness (QED) is 0.626. The molecular weight excluding hydrogens is 368 g/mol. The molecule has 1 aliphatic carbocycles. The molecule has 2 amide bonds. The molecule has 1 saturated carbocycles. The van der Waals surface area contributed by atoms with Crippen LogP contribution in [0, 0.1) is 18.8 Å². The number of likely N-dealkylation sites (tertiary alicyclic amines) is 1. The molecule has 29 heavy (non-hydrogen) atoms. The lowest BCUT2D eigenvalue weighted by atomic mass is 10.1. The van der Waals surface area contributed by atoms with E-state index in [9.17, 15) is 9.59 Å². The predicted molar refractivity (Wildman–Crippen MR) is 112 cm³/mol. The van der Waals surface area contributed by atoms with Crippen LogP contribution in [-0.4, -0.2) is 53.6 Å². The van der Waals surface area contributed by atoms with Gasteiger partial charge in [-0.1, -0.05) is 25.9 Å². The van der Waals surface area contributed by atoms with Gasteiger partial charge in [0.1, 0.15) is 11.3 Å². The standard InChI is InChI=1S/C22H36N4O3/c1-5-19-21(15(4)29-25-19)22(28)24-12-18-9-8-17(26(18)13-16-6-7-16)10-20(27)23-11-14(2)3/h14,16-18H,5-13H2,1-4H3,(H,23,27)(H,24,28)/t17-,18+/m1/s1. The molecule has 2 N–H and O–H groups in total. The summed E-state index contributed by atoms with van der Waals surface area (Å²) in [6.45, 7) is 10.3. The number of aryl methyl sites for hydroxylation is 2. The van der Waals surface area contributed by atoms with E-state index in [-0.39, 0.29) is 23.9 Å². The first-order chi connectivity index (χ1) is 13.9. The molecule has 0 bridgehead atoms. The first-order valence-electron chi connectivity index (χ1n) is 11.1. The average molecular weight is 405 g/mol. The van der Waals surface area contributed by atoms with Crippen LogP contribution in [-0.2, 0) is 11.2 Å². The van der Waals surface area contributed by atoms with Crippen molar-refractivity contribution >= 4 is 11.8 Å². The molecule has 1 saturated heterocycles. The highest BCUT2D eigenvalue weighted by Gasteiger charge is 2.38. The number of hydrogen-bond acceptors (Lipinski definition) is 5. The summed E-state index contributed by atoms with van der Waals surface area (Å²) in [6, 6.07) is 0.556. The maximum atomic E-state index is 12.7. The van der Waals surface area contributed by atoms with E-state index in [1.807, 2.05) is 6.92 Å². The van der Waals surface area contributed by atoms with E-state index >= 15 is 0 Å². The molecule has 7 nitrogen and oxygen atoms in total. The molecule has 7 heteroatoms. The first kappa shape index (κ1) is 21.8. The van der Waals surface area contributed by atoms with E-state index in [1.54, 1.807) is 6.92 Å². The number of amides is 2. The van der Waals surface area contributed by atoms with Crippen LogP contribution in [0.15, 0.2) is 4.52 Å². The Hall–Kier alpha value is -1.89. The lowest BCUT2D eigenvalue weighted by Gasteiger charge is -2.30. The van der Waals surface area contributed by atoms with Crippen LogP contribution < -0.4 is 10.6 Å². The van der Waals surface area contributed by atoms with Crippen molar-refractivity contribution in [2.45, 2.75) is 78.3 Å². The van der Waals surface area contributed by atoms with Crippen LogP contribution in [0.5, 0.6) is 0 Å². The third-order valence-corrected chi connectivity index (χ3v) is 6.06. The van der Waals surface area contributed by atoms with Gasteiger partial charge in [-0.2, -0.15) is 0 Å². The lowest BCUT2D eigenvalue weighted by Crippen LogP contribution is -2.45. The second-order valence-electron chi connectivity index (χ2n) is 9.05. The molecule has 0 unspecified atom stereocenters. The van der Waals surface area contributed by atoms with Crippen LogP contribution in [0.2, 0.25) is 0 Å². The van der Waals surface area contributed by atoms with E-state index in [2.05, 4.69) is 34.5 Å². The third-order valence-electron chi connectivity index (χ3n) is 6.06. The van der Waals surface area contributed by atoms with Gasteiger partial charge in [0, 0.05) is 38.1 Å². The summed E-state index contributed by atoms with van der Waals surface area (Å²) < 4.78 is 5.20. The van der Waals surface area contributed by atoms with Gasteiger partial charge in [-0.3, -0.25) is 14.5 Å². The Labute approximate surface area is 174 Å². The maximum Gasteiger partial charge on any atom is 0.256 e. The zero-order valence-corrected chi connectivity index (χ0v) is 18.3. The van der Waals surface area contributed by atoms with Crippen molar-refractivity contribution in [3.8, 4) is 0 Å². The van der Waals surface area contributed by atoms with Gasteiger partial charge < -0.3 is 15.2 Å². The number of rotatable bonds is 10. The van der Waals surface area contributed by atoms with E-state index in [1.165, 1.54) is 12.8 Å². The van der Waals surface area contributed by atoms with Crippen LogP contribution >= 0.6 is 0 Å². The van der Waals surface area contributed by atoms with Gasteiger partial charge in [0.25, 0.3) is 5.91 Å². The fraction of sp³-hybridized carbons (Fsp3) is 0.773. The number of hydrogen-bond donors (Lipinski definition) is 2. The summed E-state index contributed by atoms with van der Waals surface area (Å²) in [5.74, 6) is 1.81. The normalized spacial score (nSPS) is 22.2. The van der Waals surface area contributed by atoms with Crippen molar-refractivity contribution in [1.29, 1.82) is 0 Å². The van der Waals surface area contributed by atoms with Gasteiger partial charge >= 0.3 is 0 Å². The molecule has 2 aliphatic rings. The summed E-state index contributed by atoms with van der Waals surface area (Å²) in [6.07, 6.45) is 5.80. The molecule has 0 spiro atoms. The molecule has 2 atom stereocenters. The Bertz CT molecular complexity index is 711. The van der Waals surface area contributed by atoms with Gasteiger partial charge in [0.15, 0.2) is 0 Å². The first-order valence-corrected chi connectivity index (χ1v) is 11.1. The summed E-state index contributed by atoms with van der Waals surface area (Å²) >= 11 is 0. The topological polar surface area (TPSA) is 87.5 Å². The van der Waals surface area contributed by atoms with Gasteiger partial charge in [-0.25, -0.2) is 0 Å². The van der Waals surface area contributed by atoms with Gasteiger partial charge in [0.2, 0.25) is 5.91 Å². The van der Waals surface area contributed by atoms with Crippen LogP contribution in [0.1, 0.15) is 74.7 Å². The lowest BCUT2D eigenvalue weighted by molar-refractivity contribution is -0.122. The minimum Gasteiger partial charge on any atom is -0.361 e. The van der Waals surface area contributed by atoms with E-state index in [0.717, 1.165) is 31.8 Å². The molecule has 2 heterocycles. The fourth-order valence-electron chi connectivity index (χ4n) is 4.20. The summed E-state index contributed by atoms with van der Waals surface area (Å²) in [5.41, 5.74) is 1.28. The number of carbonyl (C=O) groups is 2. The minimum absolute atomic E-state index is 0.106. The molecule has 2 fully saturated rings. The molecular formula is C22H36N4O3. The summed E-state index contributed by atoms with van der Waals surface area (Å²) in [4.78, 5) is 27.6. The fourth-order valence-corrected chi connectivity index (χ4v) is 4.20. The average Bonchev–Trinajstić information content (AvgIpc) is 3.32. The van der Waals surface area contributed by atoms with E-state index in [4.69, 9.17) is 4.52 Å². The van der Waals surface area contributed by atoms with Crippen molar-refractivity contribution in [3.05, 3.63) is 17.0 Å². The highest BCUT2D eigenvalue weighted by molar-refractivity contribution is 5.96. The number of aromatic nitrogens is 1. The number of nitrogens with zero attached hydrogens (tertiary/aromatic N) is 2. The Morgan fingerprint density at radius 3 is 2.55 bits per heavy atom. The van der Waals surface area contributed by atoms with Crippen molar-refractivity contribution < 1.29 is 14.1 Å². The monoisotopic (exact) mass is 404 g/mol. The second kappa shape index (κ2) is 9.74. The molecule has 162 valence electrons. The SMILES string of the molecule is CCc1noc(C)c1C(=O)NC[C@@H]1CC[C@H](CC(=O)NCC(C)C)N1CC1CC1. The van der Waals surface area contributed by atoms with Gasteiger partial charge in [-0.05, 0) is 50.9 Å². The van der Waals surface area contributed by atoms with Gasteiger partial charge in [0.05, 0.1) is 5.69 Å². The minimum atomic E-state index is -0.106. The zero-order valence-electron chi connectivity index (χ0n) is 18.3. The van der Waals surface area contributed by atoms with Crippen molar-refractivity contribution in [1.82, 2.24) is 20.7 Å². The molecule has 3 rings (SSSR count). The van der Waals surface area contributed by atoms with E-state index in [0.29, 0.717) is 42.3 Å². The Kier molecular flexibility index (Phi) is 7.33. The Morgan fingerprint density at radius 2 is 1.90 bits per heavy atom. The second-order valence-corrected chi connectivity index (χ2v) is 9.05. The summed E-state index contributed by atoms with van der Waals surface area (Å²) in [5, 5.41) is 10.1. The highest BCUT2D eigenvalue weighted by Crippen LogP contribution is 2.35. The molecule has 0 aromatic carbocycles. The Balaban J connectivity index is 1.57. The number of carbonyl (C=O) groups excluding carboxylic acids is 2. The molecule has 1 aromatic heterocycles. The van der Waals surface area contributed by atoms with Crippen molar-refractivity contribution in [2.75, 3.05) is 19.6 Å². The smallest absolute Gasteiger partial charge is 0.256 e. The molecule has 0 radical (unpaired) electrons. The predicted octanol–water partition coefficient (Wildman–Crippen LogP) is 2.68. The van der Waals surface area contributed by atoms with E-state index < -0.39 is 0 Å². The van der Waals surface area contributed by atoms with Crippen molar-refractivity contribution in [2.24, 2.45) is 11.8 Å². The Morgan fingerprint density at radius 1 is 1.17 bits per heavy atom. The van der Waals surface area contributed by atoms with Crippen LogP contribution in [0.25, 0.3) is 0 Å². The highest BCUT2D eigenvalue weighted by atomic mass is 16.5. The largest absolute Gasteiger partial charge is 0.361 e. The van der Waals surface area contributed by atoms with Gasteiger partial charge in [-0.15, -0.1) is 0 Å². The molecule has 1 aliphatic heterocycles.